The lowest BCUT2D eigenvalue weighted by Gasteiger charge is -2.31. The number of nitrogens with zero attached hydrogens (tertiary/aromatic N) is 2. The Kier molecular flexibility index (Phi) is 2.02. The maximum atomic E-state index is 10.8. The van der Waals surface area contributed by atoms with Crippen molar-refractivity contribution in [2.75, 3.05) is 26.3 Å². The molecule has 1 fully saturated rings. The molecule has 1 saturated heterocycles. The number of hydrogen-bond donors (Lipinski definition) is 1. The summed E-state index contributed by atoms with van der Waals surface area (Å²) in [7, 11) is 0. The zero-order valence-electron chi connectivity index (χ0n) is 7.19. The third-order valence-electron chi connectivity index (χ3n) is 2.11. The molecule has 1 amide bonds. The van der Waals surface area contributed by atoms with E-state index < -0.39 is 5.91 Å². The van der Waals surface area contributed by atoms with Crippen LogP contribution >= 0.6 is 0 Å². The molecule has 5 heteroatoms. The number of aliphatic imine (C=N–C) groups is 1. The minimum atomic E-state index is -0.474. The SMILES string of the molecule is NC(=O)C1=CCN2CCOCC2=N1. The van der Waals surface area contributed by atoms with Gasteiger partial charge in [0.2, 0.25) is 0 Å². The summed E-state index contributed by atoms with van der Waals surface area (Å²) >= 11 is 0. The number of amidine groups is 1. The molecule has 2 aliphatic heterocycles. The summed E-state index contributed by atoms with van der Waals surface area (Å²) in [5.74, 6) is 0.334. The molecule has 0 spiro atoms. The van der Waals surface area contributed by atoms with Crippen LogP contribution in [0.4, 0.5) is 0 Å². The van der Waals surface area contributed by atoms with Gasteiger partial charge in [-0.2, -0.15) is 0 Å². The summed E-state index contributed by atoms with van der Waals surface area (Å²) in [6.07, 6.45) is 1.75. The van der Waals surface area contributed by atoms with Crippen molar-refractivity contribution in [3.63, 3.8) is 0 Å². The fourth-order valence-electron chi connectivity index (χ4n) is 1.40. The normalized spacial score (nSPS) is 21.7. The third kappa shape index (κ3) is 1.55. The van der Waals surface area contributed by atoms with Crippen molar-refractivity contribution in [2.45, 2.75) is 0 Å². The molecule has 0 bridgehead atoms. The highest BCUT2D eigenvalue weighted by Gasteiger charge is 2.21. The van der Waals surface area contributed by atoms with Crippen molar-refractivity contribution in [3.05, 3.63) is 11.8 Å². The Bertz CT molecular complexity index is 296. The van der Waals surface area contributed by atoms with Crippen molar-refractivity contribution >= 4 is 11.7 Å². The number of rotatable bonds is 1. The summed E-state index contributed by atoms with van der Waals surface area (Å²) in [6.45, 7) is 2.74. The standard InChI is InChI=1S/C8H11N3O2/c9-8(12)6-1-2-11-3-4-13-5-7(11)10-6/h1H,2-5H2,(H2,9,12). The van der Waals surface area contributed by atoms with Gasteiger partial charge in [-0.25, -0.2) is 4.99 Å². The third-order valence-corrected chi connectivity index (χ3v) is 2.11. The average molecular weight is 181 g/mol. The van der Waals surface area contributed by atoms with Gasteiger partial charge in [0, 0.05) is 13.1 Å². The molecule has 0 atom stereocenters. The molecule has 2 aliphatic rings. The zero-order chi connectivity index (χ0) is 9.26. The summed E-state index contributed by atoms with van der Waals surface area (Å²) in [4.78, 5) is 17.0. The summed E-state index contributed by atoms with van der Waals surface area (Å²) < 4.78 is 5.22. The molecule has 0 aromatic rings. The van der Waals surface area contributed by atoms with Crippen LogP contribution in [0.15, 0.2) is 16.8 Å². The number of carbonyl (C=O) groups excluding carboxylic acids is 1. The van der Waals surface area contributed by atoms with Gasteiger partial charge in [0.15, 0.2) is 0 Å². The molecule has 70 valence electrons. The van der Waals surface area contributed by atoms with E-state index in [9.17, 15) is 4.79 Å². The smallest absolute Gasteiger partial charge is 0.267 e. The molecule has 0 unspecified atom stereocenters. The molecule has 5 nitrogen and oxygen atoms in total. The van der Waals surface area contributed by atoms with Crippen LogP contribution in [0.1, 0.15) is 0 Å². The van der Waals surface area contributed by atoms with E-state index in [1.807, 2.05) is 0 Å². The molecule has 2 N–H and O–H groups in total. The number of fused-ring (bicyclic) bond motifs is 1. The fourth-order valence-corrected chi connectivity index (χ4v) is 1.40. The highest BCUT2D eigenvalue weighted by molar-refractivity contribution is 5.97. The van der Waals surface area contributed by atoms with Crippen molar-refractivity contribution < 1.29 is 9.53 Å². The molecule has 13 heavy (non-hydrogen) atoms. The largest absolute Gasteiger partial charge is 0.372 e. The number of ether oxygens (including phenoxy) is 1. The average Bonchev–Trinajstić information content (AvgIpc) is 2.17. The molecule has 2 heterocycles. The number of carbonyl (C=O) groups is 1. The van der Waals surface area contributed by atoms with Crippen molar-refractivity contribution in [1.82, 2.24) is 4.90 Å². The monoisotopic (exact) mass is 181 g/mol. The lowest BCUT2D eigenvalue weighted by molar-refractivity contribution is -0.114. The Morgan fingerprint density at radius 2 is 2.54 bits per heavy atom. The Labute approximate surface area is 75.9 Å². The fraction of sp³-hybridized carbons (Fsp3) is 0.500. The quantitative estimate of drug-likeness (QED) is 0.570. The number of nitrogens with two attached hydrogens (primary N) is 1. The van der Waals surface area contributed by atoms with Gasteiger partial charge in [0.05, 0.1) is 6.61 Å². The molecule has 0 aliphatic carbocycles. The van der Waals surface area contributed by atoms with Crippen LogP contribution in [0.3, 0.4) is 0 Å². The first kappa shape index (κ1) is 8.25. The van der Waals surface area contributed by atoms with Crippen molar-refractivity contribution in [2.24, 2.45) is 10.7 Å². The van der Waals surface area contributed by atoms with E-state index in [1.54, 1.807) is 6.08 Å². The molecular weight excluding hydrogens is 170 g/mol. The number of primary amides is 1. The predicted octanol–water partition coefficient (Wildman–Crippen LogP) is -0.900. The Morgan fingerprint density at radius 3 is 3.31 bits per heavy atom. The van der Waals surface area contributed by atoms with Crippen LogP contribution in [0.25, 0.3) is 0 Å². The molecule has 0 aromatic carbocycles. The van der Waals surface area contributed by atoms with Gasteiger partial charge in [-0.15, -0.1) is 0 Å². The second-order valence-corrected chi connectivity index (χ2v) is 2.98. The van der Waals surface area contributed by atoms with Crippen LogP contribution in [-0.2, 0) is 9.53 Å². The maximum Gasteiger partial charge on any atom is 0.267 e. The number of hydrogen-bond acceptors (Lipinski definition) is 4. The van der Waals surface area contributed by atoms with Gasteiger partial charge >= 0.3 is 0 Å². The molecule has 2 rings (SSSR count). The van der Waals surface area contributed by atoms with E-state index in [4.69, 9.17) is 10.5 Å². The van der Waals surface area contributed by atoms with Gasteiger partial charge in [0.1, 0.15) is 18.1 Å². The van der Waals surface area contributed by atoms with E-state index in [-0.39, 0.29) is 0 Å². The molecule has 0 radical (unpaired) electrons. The first-order chi connectivity index (χ1) is 6.27. The second kappa shape index (κ2) is 3.18. The van der Waals surface area contributed by atoms with E-state index in [0.29, 0.717) is 18.8 Å². The van der Waals surface area contributed by atoms with E-state index in [0.717, 1.165) is 19.0 Å². The Hall–Kier alpha value is -1.36. The second-order valence-electron chi connectivity index (χ2n) is 2.98. The maximum absolute atomic E-state index is 10.8. The predicted molar refractivity (Wildman–Crippen MR) is 47.1 cm³/mol. The van der Waals surface area contributed by atoms with E-state index in [1.165, 1.54) is 0 Å². The minimum absolute atomic E-state index is 0.344. The van der Waals surface area contributed by atoms with Gasteiger partial charge in [-0.3, -0.25) is 4.79 Å². The van der Waals surface area contributed by atoms with Gasteiger partial charge in [0.25, 0.3) is 5.91 Å². The minimum Gasteiger partial charge on any atom is -0.372 e. The Balaban J connectivity index is 2.18. The van der Waals surface area contributed by atoms with E-state index >= 15 is 0 Å². The number of morpholine rings is 1. The van der Waals surface area contributed by atoms with Crippen LogP contribution in [0, 0.1) is 0 Å². The zero-order valence-corrected chi connectivity index (χ0v) is 7.19. The number of amides is 1. The summed E-state index contributed by atoms with van der Waals surface area (Å²) in [5, 5.41) is 0. The van der Waals surface area contributed by atoms with Gasteiger partial charge < -0.3 is 15.4 Å². The lowest BCUT2D eigenvalue weighted by Crippen LogP contribution is -2.44. The highest BCUT2D eigenvalue weighted by Crippen LogP contribution is 2.10. The summed E-state index contributed by atoms with van der Waals surface area (Å²) in [6, 6.07) is 0. The van der Waals surface area contributed by atoms with Crippen LogP contribution < -0.4 is 5.73 Å². The van der Waals surface area contributed by atoms with Crippen molar-refractivity contribution in [3.8, 4) is 0 Å². The van der Waals surface area contributed by atoms with Gasteiger partial charge in [-0.1, -0.05) is 0 Å². The van der Waals surface area contributed by atoms with Crippen LogP contribution in [0.2, 0.25) is 0 Å². The molecular formula is C8H11N3O2. The van der Waals surface area contributed by atoms with Gasteiger partial charge in [-0.05, 0) is 6.08 Å². The highest BCUT2D eigenvalue weighted by atomic mass is 16.5. The topological polar surface area (TPSA) is 67.9 Å². The van der Waals surface area contributed by atoms with Crippen LogP contribution in [-0.4, -0.2) is 42.9 Å². The van der Waals surface area contributed by atoms with Crippen molar-refractivity contribution in [1.29, 1.82) is 0 Å². The summed E-state index contributed by atoms with van der Waals surface area (Å²) in [5.41, 5.74) is 5.46. The molecule has 0 aromatic heterocycles. The molecule has 0 saturated carbocycles. The van der Waals surface area contributed by atoms with E-state index in [2.05, 4.69) is 9.89 Å². The first-order valence-electron chi connectivity index (χ1n) is 4.17. The lowest BCUT2D eigenvalue weighted by atomic mass is 10.3. The van der Waals surface area contributed by atoms with Crippen LogP contribution in [0.5, 0.6) is 0 Å². The Morgan fingerprint density at radius 1 is 1.69 bits per heavy atom. The first-order valence-corrected chi connectivity index (χ1v) is 4.17.